The summed E-state index contributed by atoms with van der Waals surface area (Å²) >= 11 is 5.99. The zero-order valence-corrected chi connectivity index (χ0v) is 17.3. The van der Waals surface area contributed by atoms with Crippen LogP contribution in [0.2, 0.25) is 5.02 Å². The first kappa shape index (κ1) is 19.7. The molecule has 0 fully saturated rings. The van der Waals surface area contributed by atoms with Gasteiger partial charge in [0.25, 0.3) is 5.91 Å². The molecule has 10 heteroatoms. The molecule has 0 radical (unpaired) electrons. The van der Waals surface area contributed by atoms with Crippen molar-refractivity contribution in [3.63, 3.8) is 0 Å². The summed E-state index contributed by atoms with van der Waals surface area (Å²) in [6.45, 7) is 1.88. The zero-order valence-electron chi connectivity index (χ0n) is 16.5. The Morgan fingerprint density at radius 1 is 1.31 bits per heavy atom. The van der Waals surface area contributed by atoms with Crippen LogP contribution < -0.4 is 11.0 Å². The molecule has 1 unspecified atom stereocenters. The summed E-state index contributed by atoms with van der Waals surface area (Å²) in [5.41, 5.74) is 0.935. The molecular formula is C19H24ClN7O2. The predicted molar refractivity (Wildman–Crippen MR) is 109 cm³/mol. The molecule has 0 saturated carbocycles. The number of pyridine rings is 1. The van der Waals surface area contributed by atoms with E-state index in [1.54, 1.807) is 33.5 Å². The summed E-state index contributed by atoms with van der Waals surface area (Å²) in [6.07, 6.45) is 5.44. The zero-order chi connectivity index (χ0) is 20.5. The third-order valence-electron chi connectivity index (χ3n) is 5.16. The highest BCUT2D eigenvalue weighted by molar-refractivity contribution is 6.30. The van der Waals surface area contributed by atoms with Crippen LogP contribution in [0.5, 0.6) is 0 Å². The standard InChI is InChI=1S/C19H24ClN7O2/c1-24(2)9-10-27-19(29)26-8-7-14(4-6-17(26)23-27)21-18(28)15-12-25-11-13(20)3-5-16(25)22-15/h3,5,11-12,14H,4,6-10H2,1-2H3,(H,21,28). The maximum absolute atomic E-state index is 12.6. The summed E-state index contributed by atoms with van der Waals surface area (Å²) in [6, 6.07) is 3.47. The number of halogens is 1. The van der Waals surface area contributed by atoms with Crippen LogP contribution in [0.1, 0.15) is 29.2 Å². The summed E-state index contributed by atoms with van der Waals surface area (Å²) in [7, 11) is 3.94. The van der Waals surface area contributed by atoms with E-state index in [4.69, 9.17) is 11.6 Å². The molecule has 0 spiro atoms. The van der Waals surface area contributed by atoms with Gasteiger partial charge in [0.15, 0.2) is 0 Å². The number of carbonyl (C=O) groups is 1. The van der Waals surface area contributed by atoms with Gasteiger partial charge < -0.3 is 14.6 Å². The molecule has 9 nitrogen and oxygen atoms in total. The lowest BCUT2D eigenvalue weighted by Gasteiger charge is -2.15. The quantitative estimate of drug-likeness (QED) is 0.670. The molecule has 0 aromatic carbocycles. The second kappa shape index (κ2) is 8.00. The minimum atomic E-state index is -0.224. The fourth-order valence-electron chi connectivity index (χ4n) is 3.55. The van der Waals surface area contributed by atoms with E-state index in [9.17, 15) is 9.59 Å². The van der Waals surface area contributed by atoms with Crippen molar-refractivity contribution in [3.05, 3.63) is 51.6 Å². The van der Waals surface area contributed by atoms with Crippen LogP contribution in [0.25, 0.3) is 5.65 Å². The second-order valence-electron chi connectivity index (χ2n) is 7.61. The molecule has 1 N–H and O–H groups in total. The van der Waals surface area contributed by atoms with E-state index in [0.29, 0.717) is 42.3 Å². The molecule has 0 aliphatic carbocycles. The number of aryl methyl sites for hydroxylation is 1. The SMILES string of the molecule is CN(C)CCn1nc2n(c1=O)CCC(NC(=O)c1cn3cc(Cl)ccc3n1)CC2. The van der Waals surface area contributed by atoms with Gasteiger partial charge in [-0.05, 0) is 39.1 Å². The van der Waals surface area contributed by atoms with E-state index in [1.165, 1.54) is 4.68 Å². The molecule has 3 aromatic heterocycles. The van der Waals surface area contributed by atoms with Gasteiger partial charge in [-0.25, -0.2) is 14.5 Å². The van der Waals surface area contributed by atoms with E-state index in [0.717, 1.165) is 18.8 Å². The van der Waals surface area contributed by atoms with Gasteiger partial charge in [0, 0.05) is 37.9 Å². The third-order valence-corrected chi connectivity index (χ3v) is 5.38. The highest BCUT2D eigenvalue weighted by Crippen LogP contribution is 2.14. The van der Waals surface area contributed by atoms with Gasteiger partial charge in [0.1, 0.15) is 17.2 Å². The lowest BCUT2D eigenvalue weighted by atomic mass is 10.1. The molecule has 1 atom stereocenters. The fraction of sp³-hybridized carbons (Fsp3) is 0.474. The normalized spacial score (nSPS) is 16.8. The van der Waals surface area contributed by atoms with Gasteiger partial charge in [0.2, 0.25) is 0 Å². The molecular weight excluding hydrogens is 394 g/mol. The van der Waals surface area contributed by atoms with E-state index < -0.39 is 0 Å². The number of hydrogen-bond acceptors (Lipinski definition) is 5. The lowest BCUT2D eigenvalue weighted by Crippen LogP contribution is -2.36. The number of aromatic nitrogens is 5. The average molecular weight is 418 g/mol. The smallest absolute Gasteiger partial charge is 0.345 e. The van der Waals surface area contributed by atoms with Gasteiger partial charge in [-0.1, -0.05) is 11.6 Å². The van der Waals surface area contributed by atoms with Crippen molar-refractivity contribution < 1.29 is 4.79 Å². The number of fused-ring (bicyclic) bond motifs is 2. The van der Waals surface area contributed by atoms with Crippen LogP contribution in [0.4, 0.5) is 0 Å². The molecule has 29 heavy (non-hydrogen) atoms. The Morgan fingerprint density at radius 2 is 2.14 bits per heavy atom. The summed E-state index contributed by atoms with van der Waals surface area (Å²) < 4.78 is 5.00. The van der Waals surface area contributed by atoms with Gasteiger partial charge >= 0.3 is 5.69 Å². The van der Waals surface area contributed by atoms with Crippen molar-refractivity contribution >= 4 is 23.2 Å². The average Bonchev–Trinajstić information content (AvgIpc) is 3.16. The van der Waals surface area contributed by atoms with Crippen LogP contribution >= 0.6 is 11.6 Å². The summed E-state index contributed by atoms with van der Waals surface area (Å²) in [4.78, 5) is 31.6. The molecule has 0 saturated heterocycles. The number of nitrogens with one attached hydrogen (secondary N) is 1. The van der Waals surface area contributed by atoms with Crippen LogP contribution in [-0.2, 0) is 19.5 Å². The minimum absolute atomic E-state index is 0.0350. The Hall–Kier alpha value is -2.65. The number of nitrogens with zero attached hydrogens (tertiary/aromatic N) is 6. The fourth-order valence-corrected chi connectivity index (χ4v) is 3.71. The maximum atomic E-state index is 12.6. The van der Waals surface area contributed by atoms with Crippen molar-refractivity contribution in [2.75, 3.05) is 20.6 Å². The van der Waals surface area contributed by atoms with Gasteiger partial charge in [-0.3, -0.25) is 9.36 Å². The monoisotopic (exact) mass is 417 g/mol. The molecule has 3 aromatic rings. The highest BCUT2D eigenvalue weighted by Gasteiger charge is 2.23. The largest absolute Gasteiger partial charge is 0.348 e. The van der Waals surface area contributed by atoms with E-state index in [1.807, 2.05) is 19.0 Å². The number of imidazole rings is 1. The number of hydrogen-bond donors (Lipinski definition) is 1. The van der Waals surface area contributed by atoms with Crippen LogP contribution in [0, 0.1) is 0 Å². The van der Waals surface area contributed by atoms with Crippen LogP contribution in [0.3, 0.4) is 0 Å². The molecule has 1 amide bonds. The van der Waals surface area contributed by atoms with Crippen molar-refractivity contribution in [2.45, 2.75) is 38.4 Å². The maximum Gasteiger partial charge on any atom is 0.345 e. The van der Waals surface area contributed by atoms with Gasteiger partial charge in [-0.15, -0.1) is 0 Å². The Kier molecular flexibility index (Phi) is 5.42. The van der Waals surface area contributed by atoms with E-state index >= 15 is 0 Å². The topological polar surface area (TPSA) is 89.5 Å². The van der Waals surface area contributed by atoms with Crippen molar-refractivity contribution in [1.82, 2.24) is 33.9 Å². The van der Waals surface area contributed by atoms with Crippen LogP contribution in [0.15, 0.2) is 29.3 Å². The molecule has 4 heterocycles. The molecule has 0 bridgehead atoms. The molecule has 1 aliphatic heterocycles. The lowest BCUT2D eigenvalue weighted by molar-refractivity contribution is 0.0928. The minimum Gasteiger partial charge on any atom is -0.348 e. The van der Waals surface area contributed by atoms with Gasteiger partial charge in [0.05, 0.1) is 11.6 Å². The van der Waals surface area contributed by atoms with Crippen molar-refractivity contribution in [3.8, 4) is 0 Å². The highest BCUT2D eigenvalue weighted by atomic mass is 35.5. The van der Waals surface area contributed by atoms with Crippen molar-refractivity contribution in [1.29, 1.82) is 0 Å². The Morgan fingerprint density at radius 3 is 2.93 bits per heavy atom. The second-order valence-corrected chi connectivity index (χ2v) is 8.05. The number of amides is 1. The van der Waals surface area contributed by atoms with E-state index in [-0.39, 0.29) is 17.6 Å². The molecule has 4 rings (SSSR count). The van der Waals surface area contributed by atoms with Gasteiger partial charge in [-0.2, -0.15) is 5.10 Å². The Balaban J connectivity index is 1.42. The summed E-state index contributed by atoms with van der Waals surface area (Å²) in [5, 5.41) is 8.12. The molecule has 154 valence electrons. The third kappa shape index (κ3) is 4.20. The van der Waals surface area contributed by atoms with Crippen LogP contribution in [-0.4, -0.2) is 61.2 Å². The first-order valence-electron chi connectivity index (χ1n) is 9.67. The Bertz CT molecular complexity index is 1100. The van der Waals surface area contributed by atoms with Crippen molar-refractivity contribution in [2.24, 2.45) is 0 Å². The van der Waals surface area contributed by atoms with E-state index in [2.05, 4.69) is 15.4 Å². The number of likely N-dealkylation sites (N-methyl/N-ethyl adjacent to an activating group) is 1. The Labute approximate surface area is 172 Å². The number of rotatable bonds is 5. The molecule has 1 aliphatic rings. The number of carbonyl (C=O) groups excluding carboxylic acids is 1. The first-order chi connectivity index (χ1) is 13.9. The first-order valence-corrected chi connectivity index (χ1v) is 10.0. The predicted octanol–water partition coefficient (Wildman–Crippen LogP) is 1.04. The summed E-state index contributed by atoms with van der Waals surface area (Å²) in [5.74, 6) is 0.561.